The Hall–Kier alpha value is -2.75. The number of carboxylic acid groups (broad SMARTS) is 1. The van der Waals surface area contributed by atoms with E-state index >= 15 is 0 Å². The van der Waals surface area contributed by atoms with Crippen molar-refractivity contribution in [2.45, 2.75) is 174 Å². The van der Waals surface area contributed by atoms with Crippen LogP contribution in [0.4, 0.5) is 0 Å². The highest BCUT2D eigenvalue weighted by molar-refractivity contribution is 5.71. The Bertz CT molecular complexity index is 1030. The average Bonchev–Trinajstić information content (AvgIpc) is 3.12. The van der Waals surface area contributed by atoms with Crippen molar-refractivity contribution in [3.8, 4) is 0 Å². The van der Waals surface area contributed by atoms with Crippen LogP contribution in [0.1, 0.15) is 162 Å². The fourth-order valence-corrected chi connectivity index (χ4v) is 5.49. The number of carbonyl (C=O) groups is 3. The largest absolute Gasteiger partial charge is 0.477 e. The minimum atomic E-state index is -1.52. The molecule has 9 nitrogen and oxygen atoms in total. The normalized spacial score (nSPS) is 13.4. The summed E-state index contributed by atoms with van der Waals surface area (Å²) in [5.74, 6) is -2.06. The van der Waals surface area contributed by atoms with Gasteiger partial charge < -0.3 is 28.5 Å². The molecule has 0 aliphatic carbocycles. The zero-order valence-corrected chi connectivity index (χ0v) is 35.1. The Labute approximate surface area is 330 Å². The minimum Gasteiger partial charge on any atom is -0.477 e. The summed E-state index contributed by atoms with van der Waals surface area (Å²) in [6.45, 7) is 4.69. The smallest absolute Gasteiger partial charge is 0.361 e. The number of carboxylic acids is 1. The number of hydrogen-bond acceptors (Lipinski definition) is 7. The van der Waals surface area contributed by atoms with Gasteiger partial charge in [-0.15, -0.1) is 0 Å². The van der Waals surface area contributed by atoms with E-state index in [1.165, 1.54) is 51.4 Å². The van der Waals surface area contributed by atoms with Gasteiger partial charge in [0.2, 0.25) is 0 Å². The Balaban J connectivity index is 4.52. The lowest BCUT2D eigenvalue weighted by Gasteiger charge is -2.25. The minimum absolute atomic E-state index is 0.179. The molecule has 0 rings (SSSR count). The number of allylic oxidation sites excluding steroid dienone is 8. The number of likely N-dealkylation sites (N-methyl/N-ethyl adjacent to an activating group) is 1. The monoisotopic (exact) mass is 763 g/mol. The van der Waals surface area contributed by atoms with Crippen LogP contribution in [0.15, 0.2) is 48.6 Å². The number of nitrogens with zero attached hydrogens (tertiary/aromatic N) is 1. The highest BCUT2D eigenvalue weighted by atomic mass is 16.7. The van der Waals surface area contributed by atoms with Crippen LogP contribution in [-0.4, -0.2) is 87.4 Å². The Morgan fingerprint density at radius 1 is 0.574 bits per heavy atom. The van der Waals surface area contributed by atoms with E-state index in [2.05, 4.69) is 62.5 Å². The lowest BCUT2D eigenvalue weighted by molar-refractivity contribution is -0.870. The molecular weight excluding hydrogens is 682 g/mol. The van der Waals surface area contributed by atoms with E-state index in [0.29, 0.717) is 17.4 Å². The van der Waals surface area contributed by atoms with Gasteiger partial charge in [-0.2, -0.15) is 0 Å². The molecule has 0 aromatic rings. The lowest BCUT2D eigenvalue weighted by atomic mass is 10.1. The Kier molecular flexibility index (Phi) is 35.3. The van der Waals surface area contributed by atoms with E-state index in [-0.39, 0.29) is 38.6 Å². The molecule has 0 aliphatic heterocycles. The first-order chi connectivity index (χ1) is 26.1. The van der Waals surface area contributed by atoms with Crippen molar-refractivity contribution in [2.75, 3.05) is 47.5 Å². The third-order valence-electron chi connectivity index (χ3n) is 8.82. The fourth-order valence-electron chi connectivity index (χ4n) is 5.49. The number of carbonyl (C=O) groups excluding carboxylic acids is 2. The molecule has 0 bridgehead atoms. The summed E-state index contributed by atoms with van der Waals surface area (Å²) >= 11 is 0. The molecule has 0 aliphatic rings. The van der Waals surface area contributed by atoms with Crippen LogP contribution in [0.2, 0.25) is 0 Å². The van der Waals surface area contributed by atoms with Gasteiger partial charge in [0.1, 0.15) is 13.2 Å². The standard InChI is InChI=1S/C45H79NO8/c1-6-8-10-12-14-16-18-20-21-22-24-25-27-29-31-33-35-42(47)52-39-41(40-53-45(44(49)50)51-38-37-46(3,4)5)54-43(48)36-34-32-30-28-26-23-19-17-15-13-11-9-7-2/h9,11,15,17,21-23,26,41,45H,6-8,10,12-14,16,18-20,24-25,27-40H2,1-5H3/p+1/b11-9-,17-15-,22-21-,26-23-. The number of quaternary nitrogens is 1. The second-order valence-electron chi connectivity index (χ2n) is 15.3. The molecule has 54 heavy (non-hydrogen) atoms. The van der Waals surface area contributed by atoms with Crippen LogP contribution in [-0.2, 0) is 33.3 Å². The van der Waals surface area contributed by atoms with E-state index in [1.807, 2.05) is 21.1 Å². The van der Waals surface area contributed by atoms with Gasteiger partial charge in [0, 0.05) is 12.8 Å². The third-order valence-corrected chi connectivity index (χ3v) is 8.82. The summed E-state index contributed by atoms with van der Waals surface area (Å²) in [7, 11) is 5.93. The van der Waals surface area contributed by atoms with E-state index < -0.39 is 24.3 Å². The molecule has 0 aromatic heterocycles. The highest BCUT2D eigenvalue weighted by Crippen LogP contribution is 2.12. The number of aliphatic carboxylic acids is 1. The quantitative estimate of drug-likeness (QED) is 0.0218. The topological polar surface area (TPSA) is 108 Å². The summed E-state index contributed by atoms with van der Waals surface area (Å²) < 4.78 is 22.6. The second-order valence-corrected chi connectivity index (χ2v) is 15.3. The molecular formula is C45H80NO8+. The maximum Gasteiger partial charge on any atom is 0.361 e. The lowest BCUT2D eigenvalue weighted by Crippen LogP contribution is -2.40. The van der Waals surface area contributed by atoms with Crippen molar-refractivity contribution in [1.82, 2.24) is 0 Å². The van der Waals surface area contributed by atoms with Crippen molar-refractivity contribution in [1.29, 1.82) is 0 Å². The van der Waals surface area contributed by atoms with Crippen molar-refractivity contribution < 1.29 is 42.9 Å². The number of unbranched alkanes of at least 4 members (excludes halogenated alkanes) is 15. The van der Waals surface area contributed by atoms with Crippen LogP contribution >= 0.6 is 0 Å². The zero-order valence-electron chi connectivity index (χ0n) is 35.1. The fraction of sp³-hybridized carbons (Fsp3) is 0.756. The summed E-state index contributed by atoms with van der Waals surface area (Å²) in [5.41, 5.74) is 0. The summed E-state index contributed by atoms with van der Waals surface area (Å²) in [4.78, 5) is 37.0. The molecule has 0 amide bonds. The van der Waals surface area contributed by atoms with E-state index in [1.54, 1.807) is 0 Å². The molecule has 0 fully saturated rings. The first kappa shape index (κ1) is 51.2. The molecule has 0 radical (unpaired) electrons. The Morgan fingerprint density at radius 3 is 1.61 bits per heavy atom. The Morgan fingerprint density at radius 2 is 1.06 bits per heavy atom. The van der Waals surface area contributed by atoms with Gasteiger partial charge in [0.15, 0.2) is 6.10 Å². The third kappa shape index (κ3) is 37.6. The maximum atomic E-state index is 12.7. The van der Waals surface area contributed by atoms with Gasteiger partial charge in [-0.25, -0.2) is 4.79 Å². The summed E-state index contributed by atoms with van der Waals surface area (Å²) in [6, 6.07) is 0. The van der Waals surface area contributed by atoms with Gasteiger partial charge in [0.25, 0.3) is 6.29 Å². The number of ether oxygens (including phenoxy) is 4. The molecule has 9 heteroatoms. The van der Waals surface area contributed by atoms with E-state index in [4.69, 9.17) is 18.9 Å². The maximum absolute atomic E-state index is 12.7. The second kappa shape index (κ2) is 37.2. The molecule has 0 saturated heterocycles. The van der Waals surface area contributed by atoms with Gasteiger partial charge in [0.05, 0.1) is 34.4 Å². The van der Waals surface area contributed by atoms with Crippen LogP contribution in [0.3, 0.4) is 0 Å². The van der Waals surface area contributed by atoms with E-state index in [9.17, 15) is 19.5 Å². The molecule has 0 saturated carbocycles. The molecule has 0 spiro atoms. The summed E-state index contributed by atoms with van der Waals surface area (Å²) in [6.07, 6.45) is 38.9. The van der Waals surface area contributed by atoms with Gasteiger partial charge >= 0.3 is 17.9 Å². The SMILES string of the molecule is CC/C=C\C/C=C\C/C=C\CCCCCC(=O)OC(COC(=O)CCCCCCC/C=C\CCCCCCCCC)COC(OCC[N+](C)(C)C)C(=O)O. The van der Waals surface area contributed by atoms with Gasteiger partial charge in [-0.3, -0.25) is 9.59 Å². The van der Waals surface area contributed by atoms with Crippen LogP contribution in [0.25, 0.3) is 0 Å². The highest BCUT2D eigenvalue weighted by Gasteiger charge is 2.25. The molecule has 1 N–H and O–H groups in total. The van der Waals surface area contributed by atoms with Crippen molar-refractivity contribution in [3.05, 3.63) is 48.6 Å². The average molecular weight is 763 g/mol. The number of esters is 2. The number of rotatable bonds is 38. The van der Waals surface area contributed by atoms with Crippen molar-refractivity contribution >= 4 is 17.9 Å². The molecule has 0 heterocycles. The molecule has 312 valence electrons. The van der Waals surface area contributed by atoms with E-state index in [0.717, 1.165) is 77.0 Å². The first-order valence-corrected chi connectivity index (χ1v) is 21.3. The predicted molar refractivity (Wildman–Crippen MR) is 221 cm³/mol. The van der Waals surface area contributed by atoms with Crippen molar-refractivity contribution in [3.63, 3.8) is 0 Å². The van der Waals surface area contributed by atoms with Crippen LogP contribution in [0, 0.1) is 0 Å². The summed E-state index contributed by atoms with van der Waals surface area (Å²) in [5, 5.41) is 9.61. The van der Waals surface area contributed by atoms with Gasteiger partial charge in [-0.1, -0.05) is 127 Å². The zero-order chi connectivity index (χ0) is 40.0. The van der Waals surface area contributed by atoms with Crippen LogP contribution in [0.5, 0.6) is 0 Å². The predicted octanol–water partition coefficient (Wildman–Crippen LogP) is 10.8. The molecule has 2 atom stereocenters. The van der Waals surface area contributed by atoms with Crippen LogP contribution < -0.4 is 0 Å². The molecule has 0 aromatic carbocycles. The number of hydrogen-bond donors (Lipinski definition) is 1. The first-order valence-electron chi connectivity index (χ1n) is 21.3. The van der Waals surface area contributed by atoms with Crippen molar-refractivity contribution in [2.24, 2.45) is 0 Å². The molecule has 2 unspecified atom stereocenters. The van der Waals surface area contributed by atoms with Gasteiger partial charge in [-0.05, 0) is 70.6 Å².